The highest BCUT2D eigenvalue weighted by Crippen LogP contribution is 2.21. The monoisotopic (exact) mass is 412 g/mol. The number of nitrogens with one attached hydrogen (secondary N) is 1. The summed E-state index contributed by atoms with van der Waals surface area (Å²) in [6.45, 7) is 1.98. The number of halogens is 1. The molecule has 0 bridgehead atoms. The SMILES string of the molecule is O=c1[nH]c(-c2ccccc2)nc2c1CN(Cc1cccc(-c3ccc(F)cc3)n1)CC2. The van der Waals surface area contributed by atoms with Gasteiger partial charge in [-0.2, -0.15) is 0 Å². The number of pyridine rings is 1. The van der Waals surface area contributed by atoms with Gasteiger partial charge in [-0.25, -0.2) is 9.37 Å². The lowest BCUT2D eigenvalue weighted by atomic mass is 10.1. The fraction of sp³-hybridized carbons (Fsp3) is 0.160. The minimum Gasteiger partial charge on any atom is -0.306 e. The Balaban J connectivity index is 1.35. The third kappa shape index (κ3) is 4.15. The molecule has 154 valence electrons. The van der Waals surface area contributed by atoms with Gasteiger partial charge in [0.05, 0.1) is 22.6 Å². The van der Waals surface area contributed by atoms with Gasteiger partial charge < -0.3 is 4.98 Å². The molecule has 4 aromatic rings. The summed E-state index contributed by atoms with van der Waals surface area (Å²) < 4.78 is 13.2. The van der Waals surface area contributed by atoms with E-state index < -0.39 is 0 Å². The predicted octanol–water partition coefficient (Wildman–Crippen LogP) is 4.20. The summed E-state index contributed by atoms with van der Waals surface area (Å²) in [4.78, 5) is 27.3. The Morgan fingerprint density at radius 2 is 1.71 bits per heavy atom. The first-order valence-corrected chi connectivity index (χ1v) is 10.3. The summed E-state index contributed by atoms with van der Waals surface area (Å²) in [5, 5.41) is 0. The van der Waals surface area contributed by atoms with Crippen LogP contribution in [0.3, 0.4) is 0 Å². The van der Waals surface area contributed by atoms with Gasteiger partial charge in [0.2, 0.25) is 0 Å². The van der Waals surface area contributed by atoms with E-state index in [2.05, 4.69) is 9.88 Å². The third-order valence-corrected chi connectivity index (χ3v) is 5.53. The van der Waals surface area contributed by atoms with Crippen molar-refractivity contribution in [1.29, 1.82) is 0 Å². The molecule has 2 aromatic carbocycles. The van der Waals surface area contributed by atoms with Crippen LogP contribution in [0.15, 0.2) is 77.6 Å². The molecule has 0 unspecified atom stereocenters. The van der Waals surface area contributed by atoms with E-state index in [-0.39, 0.29) is 11.4 Å². The van der Waals surface area contributed by atoms with E-state index >= 15 is 0 Å². The largest absolute Gasteiger partial charge is 0.306 e. The van der Waals surface area contributed by atoms with E-state index in [4.69, 9.17) is 9.97 Å². The molecule has 0 atom stereocenters. The molecule has 0 fully saturated rings. The Morgan fingerprint density at radius 3 is 2.52 bits per heavy atom. The van der Waals surface area contributed by atoms with Crippen molar-refractivity contribution in [3.63, 3.8) is 0 Å². The second-order valence-electron chi connectivity index (χ2n) is 7.69. The van der Waals surface area contributed by atoms with Gasteiger partial charge in [0, 0.05) is 37.2 Å². The van der Waals surface area contributed by atoms with Gasteiger partial charge in [0.25, 0.3) is 5.56 Å². The maximum Gasteiger partial charge on any atom is 0.255 e. The van der Waals surface area contributed by atoms with E-state index in [1.807, 2.05) is 48.5 Å². The number of aromatic amines is 1. The van der Waals surface area contributed by atoms with Crippen LogP contribution in [-0.4, -0.2) is 26.4 Å². The molecule has 0 saturated carbocycles. The Bertz CT molecular complexity index is 1270. The molecule has 1 aliphatic rings. The van der Waals surface area contributed by atoms with E-state index in [9.17, 15) is 9.18 Å². The number of aromatic nitrogens is 3. The Kier molecular flexibility index (Phi) is 5.14. The van der Waals surface area contributed by atoms with Crippen LogP contribution in [-0.2, 0) is 19.5 Å². The maximum absolute atomic E-state index is 13.2. The molecular weight excluding hydrogens is 391 g/mol. The molecule has 31 heavy (non-hydrogen) atoms. The predicted molar refractivity (Wildman–Crippen MR) is 118 cm³/mol. The summed E-state index contributed by atoms with van der Waals surface area (Å²) >= 11 is 0. The summed E-state index contributed by atoms with van der Waals surface area (Å²) in [5.41, 5.74) is 5.01. The number of benzene rings is 2. The number of fused-ring (bicyclic) bond motifs is 1. The first kappa shape index (κ1) is 19.3. The zero-order chi connectivity index (χ0) is 21.2. The lowest BCUT2D eigenvalue weighted by Crippen LogP contribution is -2.35. The van der Waals surface area contributed by atoms with Crippen molar-refractivity contribution >= 4 is 0 Å². The van der Waals surface area contributed by atoms with Gasteiger partial charge >= 0.3 is 0 Å². The first-order valence-electron chi connectivity index (χ1n) is 10.3. The summed E-state index contributed by atoms with van der Waals surface area (Å²) in [6.07, 6.45) is 0.719. The van der Waals surface area contributed by atoms with Crippen molar-refractivity contribution in [2.45, 2.75) is 19.5 Å². The minimum atomic E-state index is -0.263. The highest BCUT2D eigenvalue weighted by Gasteiger charge is 2.22. The molecule has 0 radical (unpaired) electrons. The topological polar surface area (TPSA) is 61.9 Å². The van der Waals surface area contributed by atoms with Crippen molar-refractivity contribution in [3.8, 4) is 22.6 Å². The number of rotatable bonds is 4. The van der Waals surface area contributed by atoms with Crippen LogP contribution < -0.4 is 5.56 Å². The lowest BCUT2D eigenvalue weighted by molar-refractivity contribution is 0.239. The number of nitrogens with zero attached hydrogens (tertiary/aromatic N) is 3. The number of H-pyrrole nitrogens is 1. The van der Waals surface area contributed by atoms with Crippen LogP contribution in [0.1, 0.15) is 17.0 Å². The maximum atomic E-state index is 13.2. The molecule has 0 aliphatic carbocycles. The van der Waals surface area contributed by atoms with Crippen LogP contribution in [0, 0.1) is 5.82 Å². The molecule has 6 heteroatoms. The van der Waals surface area contributed by atoms with Crippen molar-refractivity contribution in [2.24, 2.45) is 0 Å². The highest BCUT2D eigenvalue weighted by atomic mass is 19.1. The van der Waals surface area contributed by atoms with Crippen LogP contribution in [0.5, 0.6) is 0 Å². The molecule has 1 aliphatic heterocycles. The molecular formula is C25H21FN4O. The number of hydrogen-bond donors (Lipinski definition) is 1. The average molecular weight is 412 g/mol. The smallest absolute Gasteiger partial charge is 0.255 e. The fourth-order valence-electron chi connectivity index (χ4n) is 3.93. The quantitative estimate of drug-likeness (QED) is 0.546. The average Bonchev–Trinajstić information content (AvgIpc) is 2.81. The summed E-state index contributed by atoms with van der Waals surface area (Å²) in [6, 6.07) is 21.9. The van der Waals surface area contributed by atoms with Crippen LogP contribution in [0.4, 0.5) is 4.39 Å². The molecule has 0 saturated heterocycles. The molecule has 5 rings (SSSR count). The Morgan fingerprint density at radius 1 is 0.903 bits per heavy atom. The minimum absolute atomic E-state index is 0.0819. The molecule has 2 aromatic heterocycles. The second kappa shape index (κ2) is 8.24. The zero-order valence-corrected chi connectivity index (χ0v) is 16.9. The molecule has 0 spiro atoms. The van der Waals surface area contributed by atoms with E-state index in [1.54, 1.807) is 12.1 Å². The third-order valence-electron chi connectivity index (χ3n) is 5.53. The van der Waals surface area contributed by atoms with E-state index in [0.717, 1.165) is 46.7 Å². The Labute approximate surface area is 179 Å². The first-order chi connectivity index (χ1) is 15.2. The van der Waals surface area contributed by atoms with Crippen molar-refractivity contribution < 1.29 is 4.39 Å². The molecule has 0 amide bonds. The summed E-state index contributed by atoms with van der Waals surface area (Å²) in [5.74, 6) is 0.354. The van der Waals surface area contributed by atoms with E-state index in [1.165, 1.54) is 12.1 Å². The van der Waals surface area contributed by atoms with Crippen LogP contribution >= 0.6 is 0 Å². The van der Waals surface area contributed by atoms with Gasteiger partial charge in [-0.05, 0) is 36.4 Å². The Hall–Kier alpha value is -3.64. The van der Waals surface area contributed by atoms with Gasteiger partial charge in [0.1, 0.15) is 11.6 Å². The number of hydrogen-bond acceptors (Lipinski definition) is 4. The van der Waals surface area contributed by atoms with Gasteiger partial charge in [-0.3, -0.25) is 14.7 Å². The second-order valence-corrected chi connectivity index (χ2v) is 7.69. The van der Waals surface area contributed by atoms with Crippen molar-refractivity contribution in [2.75, 3.05) is 6.54 Å². The molecule has 1 N–H and O–H groups in total. The fourth-order valence-corrected chi connectivity index (χ4v) is 3.93. The highest BCUT2D eigenvalue weighted by molar-refractivity contribution is 5.59. The molecule has 5 nitrogen and oxygen atoms in total. The standard InChI is InChI=1S/C25H21FN4O/c26-19-11-9-17(10-12-19)22-8-4-7-20(27-22)15-30-14-13-23-21(16-30)25(31)29-24(28-23)18-5-2-1-3-6-18/h1-12H,13-16H2,(H,28,29,31). The summed E-state index contributed by atoms with van der Waals surface area (Å²) in [7, 11) is 0. The van der Waals surface area contributed by atoms with Gasteiger partial charge in [-0.1, -0.05) is 36.4 Å². The molecule has 3 heterocycles. The van der Waals surface area contributed by atoms with Crippen molar-refractivity contribution in [3.05, 3.63) is 106 Å². The lowest BCUT2D eigenvalue weighted by Gasteiger charge is -2.27. The van der Waals surface area contributed by atoms with E-state index in [0.29, 0.717) is 18.9 Å². The van der Waals surface area contributed by atoms with Crippen LogP contribution in [0.2, 0.25) is 0 Å². The van der Waals surface area contributed by atoms with Crippen molar-refractivity contribution in [1.82, 2.24) is 19.9 Å². The van der Waals surface area contributed by atoms with Gasteiger partial charge in [0.15, 0.2) is 0 Å². The normalized spacial score (nSPS) is 13.7. The van der Waals surface area contributed by atoms with Crippen LogP contribution in [0.25, 0.3) is 22.6 Å². The van der Waals surface area contributed by atoms with Gasteiger partial charge in [-0.15, -0.1) is 0 Å². The zero-order valence-electron chi connectivity index (χ0n) is 16.9.